The summed E-state index contributed by atoms with van der Waals surface area (Å²) in [4.78, 5) is 0. The zero-order valence-corrected chi connectivity index (χ0v) is 13.4. The molecule has 1 aromatic carbocycles. The lowest BCUT2D eigenvalue weighted by molar-refractivity contribution is 0.231. The first-order valence-corrected chi connectivity index (χ1v) is 7.55. The Morgan fingerprint density at radius 2 is 1.10 bits per heavy atom. The van der Waals surface area contributed by atoms with Gasteiger partial charge in [0.1, 0.15) is 0 Å². The van der Waals surface area contributed by atoms with E-state index in [9.17, 15) is 10.2 Å². The van der Waals surface area contributed by atoms with Gasteiger partial charge in [-0.3, -0.25) is 0 Å². The molecule has 0 heterocycles. The van der Waals surface area contributed by atoms with Crippen molar-refractivity contribution < 1.29 is 24.4 Å². The van der Waals surface area contributed by atoms with E-state index in [-0.39, 0.29) is 17.2 Å². The Balaban J connectivity index is 3.32. The van der Waals surface area contributed by atoms with E-state index in [4.69, 9.17) is 14.2 Å². The molecule has 0 aromatic heterocycles. The zero-order chi connectivity index (χ0) is 15.8. The molecule has 0 spiro atoms. The van der Waals surface area contributed by atoms with Crippen molar-refractivity contribution >= 4 is 0 Å². The van der Waals surface area contributed by atoms with Crippen LogP contribution in [0.2, 0.25) is 0 Å². The van der Waals surface area contributed by atoms with Crippen LogP contribution in [0.25, 0.3) is 0 Å². The summed E-state index contributed by atoms with van der Waals surface area (Å²) in [6.45, 7) is 9.04. The number of aromatic hydroxyl groups is 2. The lowest BCUT2D eigenvalue weighted by Gasteiger charge is -2.20. The molecule has 0 aliphatic heterocycles. The van der Waals surface area contributed by atoms with E-state index >= 15 is 0 Å². The number of hydrogen-bond donors (Lipinski definition) is 2. The fourth-order valence-electron chi connectivity index (χ4n) is 1.82. The van der Waals surface area contributed by atoms with Crippen molar-refractivity contribution in [2.24, 2.45) is 0 Å². The van der Waals surface area contributed by atoms with E-state index in [0.29, 0.717) is 36.9 Å². The average molecular weight is 298 g/mol. The third-order valence-electron chi connectivity index (χ3n) is 2.90. The highest BCUT2D eigenvalue weighted by molar-refractivity contribution is 5.68. The average Bonchev–Trinajstić information content (AvgIpc) is 2.49. The van der Waals surface area contributed by atoms with Crippen molar-refractivity contribution in [3.05, 3.63) is 5.56 Å². The molecule has 0 aliphatic rings. The van der Waals surface area contributed by atoms with Crippen molar-refractivity contribution in [2.75, 3.05) is 19.8 Å². The number of ether oxygens (including phenoxy) is 3. The van der Waals surface area contributed by atoms with E-state index in [1.54, 1.807) is 6.92 Å². The number of phenolic OH excluding ortho intramolecular Hbond substituents is 2. The van der Waals surface area contributed by atoms with Gasteiger partial charge in [-0.2, -0.15) is 0 Å². The van der Waals surface area contributed by atoms with Gasteiger partial charge >= 0.3 is 0 Å². The van der Waals surface area contributed by atoms with Gasteiger partial charge in [-0.15, -0.1) is 0 Å². The van der Waals surface area contributed by atoms with Crippen molar-refractivity contribution in [1.29, 1.82) is 0 Å². The fraction of sp³-hybridized carbons (Fsp3) is 0.625. The molecule has 120 valence electrons. The Morgan fingerprint density at radius 3 is 1.57 bits per heavy atom. The second-order valence-electron chi connectivity index (χ2n) is 4.85. The van der Waals surface area contributed by atoms with Gasteiger partial charge < -0.3 is 24.4 Å². The quantitative estimate of drug-likeness (QED) is 0.679. The van der Waals surface area contributed by atoms with Gasteiger partial charge in [0.2, 0.25) is 17.2 Å². The third kappa shape index (κ3) is 4.09. The Kier molecular flexibility index (Phi) is 6.99. The van der Waals surface area contributed by atoms with Crippen LogP contribution in [0.1, 0.15) is 45.6 Å². The summed E-state index contributed by atoms with van der Waals surface area (Å²) in [6, 6.07) is 0. The molecule has 0 bridgehead atoms. The summed E-state index contributed by atoms with van der Waals surface area (Å²) in [5, 5.41) is 20.2. The Labute approximate surface area is 126 Å². The largest absolute Gasteiger partial charge is 0.504 e. The number of rotatable bonds is 9. The Morgan fingerprint density at radius 1 is 0.667 bits per heavy atom. The normalized spacial score (nSPS) is 10.5. The smallest absolute Gasteiger partial charge is 0.211 e. The SMILES string of the molecule is CCCOc1c(C)c(O)c(O)c(OCCC)c1OCCC. The second-order valence-corrected chi connectivity index (χ2v) is 4.85. The lowest BCUT2D eigenvalue weighted by Crippen LogP contribution is -2.06. The van der Waals surface area contributed by atoms with E-state index in [1.165, 1.54) is 0 Å². The minimum atomic E-state index is -0.295. The maximum absolute atomic E-state index is 10.1. The van der Waals surface area contributed by atoms with Crippen molar-refractivity contribution in [1.82, 2.24) is 0 Å². The van der Waals surface area contributed by atoms with Gasteiger partial charge in [0.25, 0.3) is 0 Å². The molecule has 0 saturated carbocycles. The highest BCUT2D eigenvalue weighted by Crippen LogP contribution is 2.52. The van der Waals surface area contributed by atoms with Crippen LogP contribution in [0.5, 0.6) is 28.7 Å². The van der Waals surface area contributed by atoms with Gasteiger partial charge in [0, 0.05) is 5.56 Å². The van der Waals surface area contributed by atoms with E-state index < -0.39 is 0 Å². The van der Waals surface area contributed by atoms with E-state index in [0.717, 1.165) is 19.3 Å². The van der Waals surface area contributed by atoms with Gasteiger partial charge in [0.15, 0.2) is 11.5 Å². The van der Waals surface area contributed by atoms with Crippen molar-refractivity contribution in [3.63, 3.8) is 0 Å². The monoisotopic (exact) mass is 298 g/mol. The Bertz CT molecular complexity index is 421. The first-order chi connectivity index (χ1) is 10.1. The summed E-state index contributed by atoms with van der Waals surface area (Å²) in [7, 11) is 0. The Hall–Kier alpha value is -1.78. The van der Waals surface area contributed by atoms with Gasteiger partial charge in [-0.1, -0.05) is 20.8 Å². The van der Waals surface area contributed by atoms with Crippen molar-refractivity contribution in [3.8, 4) is 28.7 Å². The van der Waals surface area contributed by atoms with E-state index in [2.05, 4.69) is 0 Å². The third-order valence-corrected chi connectivity index (χ3v) is 2.90. The van der Waals surface area contributed by atoms with Crippen molar-refractivity contribution in [2.45, 2.75) is 47.0 Å². The minimum absolute atomic E-state index is 0.152. The maximum atomic E-state index is 10.1. The first-order valence-electron chi connectivity index (χ1n) is 7.55. The summed E-state index contributed by atoms with van der Waals surface area (Å²) in [6.07, 6.45) is 2.44. The summed E-state index contributed by atoms with van der Waals surface area (Å²) < 4.78 is 17.0. The molecule has 0 fully saturated rings. The molecule has 0 saturated heterocycles. The van der Waals surface area contributed by atoms with Gasteiger partial charge in [-0.25, -0.2) is 0 Å². The highest BCUT2D eigenvalue weighted by Gasteiger charge is 2.25. The van der Waals surface area contributed by atoms with Crippen LogP contribution in [0.15, 0.2) is 0 Å². The number of benzene rings is 1. The molecule has 0 unspecified atom stereocenters. The molecule has 0 aliphatic carbocycles. The molecule has 2 N–H and O–H groups in total. The van der Waals surface area contributed by atoms with Crippen LogP contribution in [0, 0.1) is 6.92 Å². The standard InChI is InChI=1S/C16H26O5/c1-5-8-19-14-11(4)12(17)13(18)15(20-9-6-2)16(14)21-10-7-3/h17-18H,5-10H2,1-4H3. The van der Waals surface area contributed by atoms with Crippen LogP contribution in [0.4, 0.5) is 0 Å². The molecule has 5 nitrogen and oxygen atoms in total. The molecule has 5 heteroatoms. The van der Waals surface area contributed by atoms with Gasteiger partial charge in [-0.05, 0) is 26.2 Å². The van der Waals surface area contributed by atoms with Crippen LogP contribution < -0.4 is 14.2 Å². The second kappa shape index (κ2) is 8.49. The topological polar surface area (TPSA) is 68.2 Å². The fourth-order valence-corrected chi connectivity index (χ4v) is 1.82. The number of phenols is 2. The maximum Gasteiger partial charge on any atom is 0.211 e. The number of hydrogen-bond acceptors (Lipinski definition) is 5. The summed E-state index contributed by atoms with van der Waals surface area (Å²) in [5.74, 6) is 0.435. The van der Waals surface area contributed by atoms with Gasteiger partial charge in [0.05, 0.1) is 19.8 Å². The van der Waals surface area contributed by atoms with Crippen LogP contribution in [0.3, 0.4) is 0 Å². The summed E-state index contributed by atoms with van der Waals surface area (Å²) >= 11 is 0. The molecule has 0 amide bonds. The molecule has 21 heavy (non-hydrogen) atoms. The van der Waals surface area contributed by atoms with Crippen LogP contribution in [-0.2, 0) is 0 Å². The lowest BCUT2D eigenvalue weighted by atomic mass is 10.1. The highest BCUT2D eigenvalue weighted by atomic mass is 16.5. The first kappa shape index (κ1) is 17.3. The molecular weight excluding hydrogens is 272 g/mol. The van der Waals surface area contributed by atoms with Crippen LogP contribution in [-0.4, -0.2) is 30.0 Å². The predicted octanol–water partition coefficient (Wildman–Crippen LogP) is 3.77. The predicted molar refractivity (Wildman–Crippen MR) is 81.9 cm³/mol. The zero-order valence-electron chi connectivity index (χ0n) is 13.4. The van der Waals surface area contributed by atoms with E-state index in [1.807, 2.05) is 20.8 Å². The molecule has 1 aromatic rings. The van der Waals surface area contributed by atoms with Crippen LogP contribution >= 0.6 is 0 Å². The minimum Gasteiger partial charge on any atom is -0.504 e. The molecule has 1 rings (SSSR count). The summed E-state index contributed by atoms with van der Waals surface area (Å²) in [5.41, 5.74) is 0.455. The molecule has 0 radical (unpaired) electrons. The molecular formula is C16H26O5. The molecule has 0 atom stereocenters.